The van der Waals surface area contributed by atoms with Gasteiger partial charge in [0.25, 0.3) is 0 Å². The number of pyridine rings is 1. The molecule has 1 aliphatic carbocycles. The van der Waals surface area contributed by atoms with E-state index in [4.69, 9.17) is 4.98 Å². The summed E-state index contributed by atoms with van der Waals surface area (Å²) in [6.45, 7) is 2.09. The van der Waals surface area contributed by atoms with Crippen LogP contribution >= 0.6 is 0 Å². The van der Waals surface area contributed by atoms with E-state index in [1.165, 1.54) is 30.6 Å². The molecule has 0 atom stereocenters. The van der Waals surface area contributed by atoms with Crippen molar-refractivity contribution < 1.29 is 0 Å². The average molecular weight is 215 g/mol. The van der Waals surface area contributed by atoms with Crippen LogP contribution in [0.25, 0.3) is 5.52 Å². The van der Waals surface area contributed by atoms with Gasteiger partial charge in [-0.05, 0) is 31.9 Å². The van der Waals surface area contributed by atoms with Crippen molar-refractivity contribution in [2.75, 3.05) is 12.4 Å². The third-order valence-electron chi connectivity index (χ3n) is 3.60. The first-order valence-electron chi connectivity index (χ1n) is 5.97. The number of aryl methyl sites for hydroxylation is 1. The summed E-state index contributed by atoms with van der Waals surface area (Å²) in [5, 5.41) is 3.25. The maximum Gasteiger partial charge on any atom is 0.118 e. The van der Waals surface area contributed by atoms with Crippen LogP contribution in [-0.4, -0.2) is 16.4 Å². The molecule has 1 aliphatic rings. The zero-order chi connectivity index (χ0) is 11.1. The summed E-state index contributed by atoms with van der Waals surface area (Å²) in [4.78, 5) is 4.74. The van der Waals surface area contributed by atoms with Gasteiger partial charge in [-0.1, -0.05) is 12.5 Å². The Morgan fingerprint density at radius 2 is 2.19 bits per heavy atom. The summed E-state index contributed by atoms with van der Waals surface area (Å²) in [5.41, 5.74) is 2.37. The zero-order valence-corrected chi connectivity index (χ0v) is 9.83. The normalized spacial score (nSPS) is 16.4. The van der Waals surface area contributed by atoms with Crippen LogP contribution in [0.2, 0.25) is 0 Å². The van der Waals surface area contributed by atoms with Crippen LogP contribution in [0.4, 0.5) is 5.82 Å². The second kappa shape index (κ2) is 3.51. The summed E-state index contributed by atoms with van der Waals surface area (Å²) in [5.74, 6) is 3.04. The van der Waals surface area contributed by atoms with Gasteiger partial charge in [0.1, 0.15) is 11.6 Å². The minimum absolute atomic E-state index is 0.663. The molecule has 0 amide bonds. The lowest BCUT2D eigenvalue weighted by molar-refractivity contribution is 0.400. The molecule has 0 radical (unpaired) electrons. The lowest BCUT2D eigenvalue weighted by Crippen LogP contribution is -2.13. The van der Waals surface area contributed by atoms with E-state index >= 15 is 0 Å². The smallest absolute Gasteiger partial charge is 0.118 e. The minimum atomic E-state index is 0.663. The Morgan fingerprint density at radius 3 is 2.81 bits per heavy atom. The fraction of sp³-hybridized carbons (Fsp3) is 0.462. The van der Waals surface area contributed by atoms with E-state index in [1.54, 1.807) is 0 Å². The van der Waals surface area contributed by atoms with Gasteiger partial charge in [-0.2, -0.15) is 0 Å². The quantitative estimate of drug-likeness (QED) is 0.834. The highest BCUT2D eigenvalue weighted by molar-refractivity contribution is 5.59. The van der Waals surface area contributed by atoms with Crippen molar-refractivity contribution in [3.63, 3.8) is 0 Å². The number of rotatable bonds is 2. The summed E-state index contributed by atoms with van der Waals surface area (Å²) < 4.78 is 2.28. The Hall–Kier alpha value is -1.51. The summed E-state index contributed by atoms with van der Waals surface area (Å²) in [6, 6.07) is 6.34. The molecule has 0 spiro atoms. The Labute approximate surface area is 95.5 Å². The molecule has 2 heterocycles. The third kappa shape index (κ3) is 1.24. The Bertz CT molecular complexity index is 523. The van der Waals surface area contributed by atoms with Gasteiger partial charge in [-0.15, -0.1) is 0 Å². The molecule has 0 bridgehead atoms. The predicted molar refractivity (Wildman–Crippen MR) is 66.1 cm³/mol. The molecule has 16 heavy (non-hydrogen) atoms. The molecule has 2 aromatic rings. The van der Waals surface area contributed by atoms with Crippen molar-refractivity contribution in [3.8, 4) is 0 Å². The fourth-order valence-electron chi connectivity index (χ4n) is 2.45. The number of hydrogen-bond donors (Lipinski definition) is 1. The largest absolute Gasteiger partial charge is 0.374 e. The number of aromatic nitrogens is 2. The first-order chi connectivity index (χ1) is 7.81. The van der Waals surface area contributed by atoms with Gasteiger partial charge >= 0.3 is 0 Å². The van der Waals surface area contributed by atoms with Gasteiger partial charge in [-0.25, -0.2) is 4.98 Å². The predicted octanol–water partition coefficient (Wildman–Crippen LogP) is 2.95. The van der Waals surface area contributed by atoms with Crippen molar-refractivity contribution in [3.05, 3.63) is 29.7 Å². The van der Waals surface area contributed by atoms with Crippen molar-refractivity contribution in [2.24, 2.45) is 0 Å². The summed E-state index contributed by atoms with van der Waals surface area (Å²) in [7, 11) is 1.97. The molecule has 2 aromatic heterocycles. The molecule has 0 unspecified atom stereocenters. The Kier molecular flexibility index (Phi) is 2.13. The first kappa shape index (κ1) is 9.70. The molecule has 3 heteroatoms. The zero-order valence-electron chi connectivity index (χ0n) is 9.83. The SMILES string of the molecule is CNc1cccc2c(C)nc(C3CCC3)n12. The maximum absolute atomic E-state index is 4.74. The molecule has 3 rings (SSSR count). The van der Waals surface area contributed by atoms with Crippen LogP contribution in [0.1, 0.15) is 36.7 Å². The number of anilines is 1. The highest BCUT2D eigenvalue weighted by Crippen LogP contribution is 2.37. The molecular weight excluding hydrogens is 198 g/mol. The molecule has 84 valence electrons. The molecule has 3 nitrogen and oxygen atoms in total. The van der Waals surface area contributed by atoms with E-state index < -0.39 is 0 Å². The van der Waals surface area contributed by atoms with E-state index in [9.17, 15) is 0 Å². The molecule has 0 aliphatic heterocycles. The van der Waals surface area contributed by atoms with Crippen molar-refractivity contribution in [1.82, 2.24) is 9.38 Å². The monoisotopic (exact) mass is 215 g/mol. The molecular formula is C13H17N3. The standard InChI is InChI=1S/C13H17N3/c1-9-11-7-4-8-12(14-2)16(11)13(15-9)10-5-3-6-10/h4,7-8,10,14H,3,5-6H2,1-2H3. The first-order valence-corrected chi connectivity index (χ1v) is 5.97. The average Bonchev–Trinajstić information content (AvgIpc) is 2.54. The van der Waals surface area contributed by atoms with Gasteiger partial charge < -0.3 is 5.32 Å². The molecule has 1 saturated carbocycles. The van der Waals surface area contributed by atoms with Crippen LogP contribution in [-0.2, 0) is 0 Å². The van der Waals surface area contributed by atoms with Crippen LogP contribution in [0.15, 0.2) is 18.2 Å². The van der Waals surface area contributed by atoms with E-state index in [0.717, 1.165) is 11.5 Å². The van der Waals surface area contributed by atoms with Crippen molar-refractivity contribution in [1.29, 1.82) is 0 Å². The van der Waals surface area contributed by atoms with E-state index in [2.05, 4.69) is 34.8 Å². The van der Waals surface area contributed by atoms with Crippen molar-refractivity contribution in [2.45, 2.75) is 32.1 Å². The topological polar surface area (TPSA) is 29.3 Å². The van der Waals surface area contributed by atoms with E-state index in [1.807, 2.05) is 7.05 Å². The van der Waals surface area contributed by atoms with Gasteiger partial charge in [0, 0.05) is 13.0 Å². The van der Waals surface area contributed by atoms with Gasteiger partial charge in [0.2, 0.25) is 0 Å². The lowest BCUT2D eigenvalue weighted by atomic mass is 9.85. The highest BCUT2D eigenvalue weighted by atomic mass is 15.1. The van der Waals surface area contributed by atoms with Gasteiger partial charge in [0.05, 0.1) is 11.2 Å². The van der Waals surface area contributed by atoms with E-state index in [0.29, 0.717) is 5.92 Å². The Morgan fingerprint density at radius 1 is 1.38 bits per heavy atom. The summed E-state index contributed by atoms with van der Waals surface area (Å²) in [6.07, 6.45) is 3.92. The minimum Gasteiger partial charge on any atom is -0.374 e. The van der Waals surface area contributed by atoms with Crippen LogP contribution in [0.5, 0.6) is 0 Å². The Balaban J connectivity index is 2.26. The summed E-state index contributed by atoms with van der Waals surface area (Å²) >= 11 is 0. The number of fused-ring (bicyclic) bond motifs is 1. The molecule has 0 saturated heterocycles. The van der Waals surface area contributed by atoms with E-state index in [-0.39, 0.29) is 0 Å². The number of imidazole rings is 1. The van der Waals surface area contributed by atoms with Crippen LogP contribution in [0, 0.1) is 6.92 Å². The number of nitrogens with zero attached hydrogens (tertiary/aromatic N) is 2. The molecule has 1 fully saturated rings. The van der Waals surface area contributed by atoms with Gasteiger partial charge in [0.15, 0.2) is 0 Å². The molecule has 1 N–H and O–H groups in total. The highest BCUT2D eigenvalue weighted by Gasteiger charge is 2.25. The number of hydrogen-bond acceptors (Lipinski definition) is 2. The fourth-order valence-corrected chi connectivity index (χ4v) is 2.45. The van der Waals surface area contributed by atoms with Crippen LogP contribution in [0.3, 0.4) is 0 Å². The lowest BCUT2D eigenvalue weighted by Gasteiger charge is -2.24. The third-order valence-corrected chi connectivity index (χ3v) is 3.60. The maximum atomic E-state index is 4.74. The molecule has 0 aromatic carbocycles. The van der Waals surface area contributed by atoms with Crippen LogP contribution < -0.4 is 5.32 Å². The number of nitrogens with one attached hydrogen (secondary N) is 1. The second-order valence-corrected chi connectivity index (χ2v) is 4.56. The van der Waals surface area contributed by atoms with Gasteiger partial charge in [-0.3, -0.25) is 4.40 Å². The second-order valence-electron chi connectivity index (χ2n) is 4.56. The van der Waals surface area contributed by atoms with Crippen molar-refractivity contribution >= 4 is 11.3 Å².